The Hall–Kier alpha value is -11.8. The molecule has 5 heterocycles. The largest absolute Gasteiger partial charge is 0.477 e. The van der Waals surface area contributed by atoms with E-state index in [1.54, 1.807) is 53.7 Å². The van der Waals surface area contributed by atoms with Crippen molar-refractivity contribution in [1.29, 1.82) is 0 Å². The van der Waals surface area contributed by atoms with Crippen molar-refractivity contribution < 1.29 is 121 Å². The number of rotatable bonds is 19. The molecule has 5 aromatic heterocycles. The summed E-state index contributed by atoms with van der Waals surface area (Å²) in [5.41, 5.74) is 22.9. The van der Waals surface area contributed by atoms with Crippen molar-refractivity contribution >= 4 is 5.97 Å². The Balaban J connectivity index is 0.000000248. The van der Waals surface area contributed by atoms with Crippen molar-refractivity contribution in [2.24, 2.45) is 0 Å². The number of aromatic nitrogens is 13. The molecule has 12 aromatic carbocycles. The van der Waals surface area contributed by atoms with Crippen LogP contribution in [0.4, 0.5) is 0 Å². The number of nitrogens with zero attached hydrogens (tertiary/aromatic N) is 13. The maximum atomic E-state index is 10.1. The molecular formula is C110H115Ir4N13O8-4. The second kappa shape index (κ2) is 56.5. The Bertz CT molecular complexity index is 5840. The van der Waals surface area contributed by atoms with Crippen LogP contribution >= 0.6 is 0 Å². The molecule has 4 radical (unpaired) electrons. The van der Waals surface area contributed by atoms with Gasteiger partial charge in [0.2, 0.25) is 0 Å². The van der Waals surface area contributed by atoms with Gasteiger partial charge in [-0.1, -0.05) is 220 Å². The molecule has 0 aliphatic heterocycles. The second-order valence-electron chi connectivity index (χ2n) is 32.4. The van der Waals surface area contributed by atoms with Crippen molar-refractivity contribution in [3.8, 4) is 114 Å². The number of pyridine rings is 1. The minimum Gasteiger partial charge on any atom is -0.477 e. The predicted octanol–water partition coefficient (Wildman–Crippen LogP) is 21.6. The van der Waals surface area contributed by atoms with E-state index in [2.05, 4.69) is 320 Å². The number of aryl methyl sites for hydroxylation is 9. The summed E-state index contributed by atoms with van der Waals surface area (Å²) in [5.74, 6) is 5.53. The average molecular weight is 2520 g/mol. The van der Waals surface area contributed by atoms with E-state index in [1.165, 1.54) is 56.8 Å². The first-order valence-electron chi connectivity index (χ1n) is 43.5. The maximum Gasteiger partial charge on any atom is 0.354 e. The first kappa shape index (κ1) is 112. The summed E-state index contributed by atoms with van der Waals surface area (Å²) in [4.78, 5) is 13.7. The van der Waals surface area contributed by atoms with Gasteiger partial charge in [-0.2, -0.15) is 20.4 Å². The molecule has 6 atom stereocenters. The molecule has 25 heteroatoms. The number of para-hydroxylation sites is 3. The molecular weight excluding hydrogens is 2400 g/mol. The Kier molecular flexibility index (Phi) is 46.8. The van der Waals surface area contributed by atoms with Crippen LogP contribution in [0.15, 0.2) is 310 Å². The zero-order valence-corrected chi connectivity index (χ0v) is 87.8. The summed E-state index contributed by atoms with van der Waals surface area (Å²) in [5, 5.41) is 95.7. The monoisotopic (exact) mass is 2520 g/mol. The summed E-state index contributed by atoms with van der Waals surface area (Å²) < 4.78 is 8.39. The molecule has 0 spiro atoms. The van der Waals surface area contributed by atoms with Gasteiger partial charge in [0.15, 0.2) is 23.3 Å². The zero-order valence-electron chi connectivity index (χ0n) is 78.2. The molecule has 0 aliphatic carbocycles. The number of carbonyl (C=O) groups is 1. The molecule has 21 nitrogen and oxygen atoms in total. The predicted molar refractivity (Wildman–Crippen MR) is 522 cm³/mol. The quantitative estimate of drug-likeness (QED) is 0.0370. The van der Waals surface area contributed by atoms with Crippen LogP contribution in [-0.4, -0.2) is 142 Å². The standard InChI is InChI=1S/C23H20N3.3C22H18N3.C6H5NO2.3C5H12O2.4Ir/c1-16-4-10-19(11-5-16)22-24-25-23(20-12-6-17(2)7-13-20)26(22)21-14-8-18(3)9-15-21;1-16-10-6-8-14-19(16)21-23-24-22(20-15-9-7-11-17(20)2)25(21)18-12-4-3-5-13-18;2*1-16-8-12-18(13-9-16)21-23-24-22(19-14-10-17(2)11-15-19)25(21)20-6-4-3-5-7-20;8-6(9)5-3-1-2-4-7-5;3*1-4(6)3-5(2)7;;;;/h4-12,14-15H,1-3H3;3*3-14H,1-2H3;1-4H,(H,8,9);3*4-7H,3H2,1-2H3;;;;/q4*-1;;;;;;;;. The SMILES string of the molecule is CC(O)CC(C)O.CC(O)CC(C)O.CC(O)CC(C)O.Cc1c[c-]c(-c2nnc(-c3ccc(C)cc3)n2-c2ccc(C)cc2)cc1.Cc1c[c-]c(-c2nnc(-c3ccc(C)cc3)n2-c2ccccc2)cc1.Cc1c[c-]c(-c2nnc(-c3ccc(C)cc3)n2-c2ccccc2)cc1.Cc1ccc[c-]c1-c1nnc(-c2ccccc2C)n1-c1ccccc1.O=C(O)c1ccccn1.[Ir].[Ir].[Ir].[Ir]. The van der Waals surface area contributed by atoms with Crippen LogP contribution in [0.3, 0.4) is 0 Å². The van der Waals surface area contributed by atoms with Crippen LogP contribution in [0.25, 0.3) is 114 Å². The molecule has 0 saturated heterocycles. The fourth-order valence-corrected chi connectivity index (χ4v) is 13.5. The Labute approximate surface area is 847 Å². The van der Waals surface area contributed by atoms with E-state index in [0.29, 0.717) is 19.3 Å². The zero-order chi connectivity index (χ0) is 94.0. The Morgan fingerprint density at radius 2 is 0.556 bits per heavy atom. The van der Waals surface area contributed by atoms with E-state index < -0.39 is 5.97 Å². The van der Waals surface area contributed by atoms with Gasteiger partial charge in [-0.05, 0) is 162 Å². The first-order valence-corrected chi connectivity index (χ1v) is 43.5. The van der Waals surface area contributed by atoms with Gasteiger partial charge in [0.25, 0.3) is 0 Å². The van der Waals surface area contributed by atoms with Crippen molar-refractivity contribution in [2.75, 3.05) is 0 Å². The minimum absolute atomic E-state index is 0. The normalized spacial score (nSPS) is 11.6. The van der Waals surface area contributed by atoms with Gasteiger partial charge in [-0.15, -0.1) is 162 Å². The summed E-state index contributed by atoms with van der Waals surface area (Å²) in [6, 6.07) is 115. The molecule has 0 saturated carbocycles. The van der Waals surface area contributed by atoms with Crippen molar-refractivity contribution in [3.05, 3.63) is 390 Å². The average Bonchev–Trinajstić information content (AvgIpc) is 1.67. The fraction of sp³-hybridized carbons (Fsp3) is 0.218. The van der Waals surface area contributed by atoms with E-state index in [1.807, 2.05) is 115 Å². The van der Waals surface area contributed by atoms with E-state index in [9.17, 15) is 4.79 Å². The van der Waals surface area contributed by atoms with E-state index in [0.717, 1.165) is 119 Å². The topological polar surface area (TPSA) is 294 Å². The van der Waals surface area contributed by atoms with Crippen molar-refractivity contribution in [1.82, 2.24) is 64.0 Å². The number of carboxylic acid groups (broad SMARTS) is 1. The molecule has 0 aliphatic rings. The Morgan fingerprint density at radius 3 is 0.837 bits per heavy atom. The van der Waals surface area contributed by atoms with Gasteiger partial charge < -0.3 is 54.0 Å². The van der Waals surface area contributed by atoms with E-state index in [4.69, 9.17) is 35.7 Å². The Morgan fingerprint density at radius 1 is 0.281 bits per heavy atom. The summed E-state index contributed by atoms with van der Waals surface area (Å²) in [7, 11) is 0. The van der Waals surface area contributed by atoms with Crippen LogP contribution in [-0.2, 0) is 80.4 Å². The van der Waals surface area contributed by atoms with Crippen LogP contribution in [0.5, 0.6) is 0 Å². The third-order valence-electron chi connectivity index (χ3n) is 20.1. The first-order chi connectivity index (χ1) is 63.0. The number of hydrogen-bond acceptors (Lipinski definition) is 16. The summed E-state index contributed by atoms with van der Waals surface area (Å²) in [6.07, 6.45) is 0.615. The third kappa shape index (κ3) is 33.9. The fourth-order valence-electron chi connectivity index (χ4n) is 13.5. The molecule has 708 valence electrons. The number of aromatic carboxylic acids is 1. The van der Waals surface area contributed by atoms with Crippen LogP contribution in [0.2, 0.25) is 0 Å². The van der Waals surface area contributed by atoms with Gasteiger partial charge in [-0.25, -0.2) is 9.78 Å². The molecule has 17 rings (SSSR count). The third-order valence-corrected chi connectivity index (χ3v) is 20.1. The number of aliphatic hydroxyl groups is 6. The number of carboxylic acids is 1. The van der Waals surface area contributed by atoms with Crippen LogP contribution < -0.4 is 0 Å². The molecule has 17 aromatic rings. The summed E-state index contributed by atoms with van der Waals surface area (Å²) in [6.45, 7) is 28.6. The van der Waals surface area contributed by atoms with Gasteiger partial charge in [0.05, 0.1) is 59.9 Å². The van der Waals surface area contributed by atoms with Gasteiger partial charge in [0, 0.05) is 132 Å². The van der Waals surface area contributed by atoms with Gasteiger partial charge in [0.1, 0.15) is 5.69 Å². The van der Waals surface area contributed by atoms with Crippen molar-refractivity contribution in [3.63, 3.8) is 0 Å². The smallest absolute Gasteiger partial charge is 0.354 e. The molecule has 0 bridgehead atoms. The van der Waals surface area contributed by atoms with Gasteiger partial charge >= 0.3 is 5.97 Å². The maximum absolute atomic E-state index is 10.1. The van der Waals surface area contributed by atoms with Crippen LogP contribution in [0, 0.1) is 86.6 Å². The minimum atomic E-state index is -0.990. The second-order valence-corrected chi connectivity index (χ2v) is 32.4. The van der Waals surface area contributed by atoms with Crippen molar-refractivity contribution in [2.45, 2.75) is 160 Å². The number of benzene rings is 12. The number of hydrogen-bond donors (Lipinski definition) is 7. The van der Waals surface area contributed by atoms with E-state index in [-0.39, 0.29) is 123 Å². The molecule has 6 unspecified atom stereocenters. The molecule has 0 fully saturated rings. The molecule has 7 N–H and O–H groups in total. The van der Waals surface area contributed by atoms with E-state index >= 15 is 0 Å². The van der Waals surface area contributed by atoms with Gasteiger partial charge in [-0.3, -0.25) is 0 Å². The molecule has 0 amide bonds. The number of aliphatic hydroxyl groups excluding tert-OH is 6. The van der Waals surface area contributed by atoms with Crippen LogP contribution in [0.1, 0.15) is 121 Å². The molecule has 135 heavy (non-hydrogen) atoms. The summed E-state index contributed by atoms with van der Waals surface area (Å²) >= 11 is 0.